The van der Waals surface area contributed by atoms with Gasteiger partial charge in [-0.05, 0) is 68.2 Å². The highest BCUT2D eigenvalue weighted by molar-refractivity contribution is 7.99. The van der Waals surface area contributed by atoms with Crippen LogP contribution in [0.25, 0.3) is 0 Å². The van der Waals surface area contributed by atoms with Crippen molar-refractivity contribution in [2.75, 3.05) is 5.75 Å². The number of Topliss-reactive ketones (excluding diaryl/α,β-unsaturated/α-hetero) is 1. The normalized spacial score (nSPS) is 22.9. The van der Waals surface area contributed by atoms with Crippen molar-refractivity contribution < 1.29 is 13.9 Å². The number of aromatic nitrogens is 4. The van der Waals surface area contributed by atoms with Crippen molar-refractivity contribution in [2.45, 2.75) is 50.4 Å². The Kier molecular flexibility index (Phi) is 6.04. The molecule has 2 bridgehead atoms. The van der Waals surface area contributed by atoms with E-state index in [0.29, 0.717) is 22.6 Å². The van der Waals surface area contributed by atoms with E-state index in [-0.39, 0.29) is 29.9 Å². The van der Waals surface area contributed by atoms with Crippen molar-refractivity contribution in [3.8, 4) is 5.75 Å². The molecule has 2 saturated carbocycles. The number of ketones is 1. The lowest BCUT2D eigenvalue weighted by atomic mass is 9.84. The molecule has 1 N–H and O–H groups in total. The first-order chi connectivity index (χ1) is 15.6. The first-order valence-electron chi connectivity index (χ1n) is 11.2. The molecule has 4 atom stereocenters. The molecule has 0 radical (unpaired) electrons. The number of rotatable bonds is 9. The molecule has 2 heterocycles. The largest absolute Gasteiger partial charge is 0.483 e. The Balaban J connectivity index is 1.37. The molecule has 8 heteroatoms. The van der Waals surface area contributed by atoms with Crippen molar-refractivity contribution in [3.63, 3.8) is 0 Å². The molecule has 1 aromatic carbocycles. The minimum Gasteiger partial charge on any atom is -0.483 e. The summed E-state index contributed by atoms with van der Waals surface area (Å²) in [5.74, 6) is 2.89. The lowest BCUT2D eigenvalue weighted by Gasteiger charge is -2.30. The summed E-state index contributed by atoms with van der Waals surface area (Å²) < 4.78 is 21.9. The zero-order valence-electron chi connectivity index (χ0n) is 18.0. The number of aromatic amines is 1. The molecule has 2 aromatic heterocycles. The second-order valence-electron chi connectivity index (χ2n) is 8.86. The fourth-order valence-corrected chi connectivity index (χ4v) is 6.33. The van der Waals surface area contributed by atoms with Gasteiger partial charge >= 0.3 is 0 Å². The Bertz CT molecular complexity index is 1080. The highest BCUT2D eigenvalue weighted by Crippen LogP contribution is 2.52. The highest BCUT2D eigenvalue weighted by atomic mass is 32.2. The van der Waals surface area contributed by atoms with Crippen LogP contribution in [0.15, 0.2) is 47.8 Å². The number of ether oxygens (including phenoxy) is 1. The quantitative estimate of drug-likeness (QED) is 0.351. The molecule has 168 valence electrons. The molecule has 5 rings (SSSR count). The standard InChI is InChI=1S/C24H27FN4O2S/c1-15(18-12-16-8-9-17(18)11-16)29-23(13-31-22-7-3-2-5-19(22)25)27-28-24(29)32-14-21(30)20-6-4-10-26-20/h2-7,10,15-18,26H,8-9,11-14H2,1H3/t15-,16-,17-,18-/m0/s1. The minimum absolute atomic E-state index is 0.0197. The van der Waals surface area contributed by atoms with Gasteiger partial charge in [-0.2, -0.15) is 0 Å². The number of carbonyl (C=O) groups excluding carboxylic acids is 1. The Labute approximate surface area is 191 Å². The number of para-hydroxylation sites is 1. The van der Waals surface area contributed by atoms with Crippen molar-refractivity contribution in [1.82, 2.24) is 19.7 Å². The van der Waals surface area contributed by atoms with E-state index in [1.807, 2.05) is 6.07 Å². The van der Waals surface area contributed by atoms with Crippen LogP contribution in [0.3, 0.4) is 0 Å². The zero-order chi connectivity index (χ0) is 22.1. The molecule has 0 aliphatic heterocycles. The summed E-state index contributed by atoms with van der Waals surface area (Å²) >= 11 is 1.40. The summed E-state index contributed by atoms with van der Waals surface area (Å²) in [7, 11) is 0. The second-order valence-corrected chi connectivity index (χ2v) is 9.81. The van der Waals surface area contributed by atoms with Gasteiger partial charge in [-0.15, -0.1) is 10.2 Å². The maximum atomic E-state index is 14.0. The maximum Gasteiger partial charge on any atom is 0.192 e. The van der Waals surface area contributed by atoms with E-state index in [1.165, 1.54) is 43.5 Å². The van der Waals surface area contributed by atoms with Crippen LogP contribution in [-0.2, 0) is 6.61 Å². The van der Waals surface area contributed by atoms with Gasteiger partial charge in [0.05, 0.1) is 11.4 Å². The number of thioether (sulfide) groups is 1. The lowest BCUT2D eigenvalue weighted by Crippen LogP contribution is -2.24. The summed E-state index contributed by atoms with van der Waals surface area (Å²) in [5, 5.41) is 9.50. The van der Waals surface area contributed by atoms with E-state index in [2.05, 4.69) is 26.7 Å². The number of nitrogens with zero attached hydrogens (tertiary/aromatic N) is 3. The van der Waals surface area contributed by atoms with Crippen LogP contribution in [0, 0.1) is 23.6 Å². The third-order valence-corrected chi connectivity index (χ3v) is 7.92. The molecule has 32 heavy (non-hydrogen) atoms. The van der Waals surface area contributed by atoms with E-state index in [4.69, 9.17) is 4.74 Å². The van der Waals surface area contributed by atoms with Crippen molar-refractivity contribution >= 4 is 17.5 Å². The Morgan fingerprint density at radius 3 is 2.84 bits per heavy atom. The van der Waals surface area contributed by atoms with Gasteiger partial charge in [0.15, 0.2) is 28.3 Å². The smallest absolute Gasteiger partial charge is 0.192 e. The van der Waals surface area contributed by atoms with E-state index in [0.717, 1.165) is 11.8 Å². The predicted octanol–water partition coefficient (Wildman–Crippen LogP) is 5.30. The van der Waals surface area contributed by atoms with Gasteiger partial charge in [-0.3, -0.25) is 9.36 Å². The van der Waals surface area contributed by atoms with Gasteiger partial charge in [0.1, 0.15) is 6.61 Å². The van der Waals surface area contributed by atoms with Crippen molar-refractivity contribution in [2.24, 2.45) is 17.8 Å². The zero-order valence-corrected chi connectivity index (χ0v) is 18.9. The SMILES string of the molecule is C[C@@H]([C@@H]1C[C@H]2CC[C@H]1C2)n1c(COc2ccccc2F)nnc1SCC(=O)c1ccc[nH]1. The summed E-state index contributed by atoms with van der Waals surface area (Å²) in [4.78, 5) is 15.5. The van der Waals surface area contributed by atoms with Crippen LogP contribution in [0.4, 0.5) is 4.39 Å². The van der Waals surface area contributed by atoms with Gasteiger partial charge in [0, 0.05) is 12.2 Å². The first-order valence-corrected chi connectivity index (χ1v) is 12.2. The highest BCUT2D eigenvalue weighted by Gasteiger charge is 2.43. The molecule has 0 amide bonds. The van der Waals surface area contributed by atoms with Crippen LogP contribution in [0.5, 0.6) is 5.75 Å². The average molecular weight is 455 g/mol. The third kappa shape index (κ3) is 4.20. The first kappa shape index (κ1) is 21.2. The number of hydrogen-bond donors (Lipinski definition) is 1. The monoisotopic (exact) mass is 454 g/mol. The molecule has 6 nitrogen and oxygen atoms in total. The van der Waals surface area contributed by atoms with Crippen LogP contribution < -0.4 is 4.74 Å². The number of fused-ring (bicyclic) bond motifs is 2. The van der Waals surface area contributed by atoms with Gasteiger partial charge < -0.3 is 9.72 Å². The summed E-state index contributed by atoms with van der Waals surface area (Å²) in [5.41, 5.74) is 0.591. The Morgan fingerprint density at radius 1 is 1.25 bits per heavy atom. The van der Waals surface area contributed by atoms with Gasteiger partial charge in [-0.25, -0.2) is 4.39 Å². The van der Waals surface area contributed by atoms with Gasteiger partial charge in [0.25, 0.3) is 0 Å². The minimum atomic E-state index is -0.397. The maximum absolute atomic E-state index is 14.0. The van der Waals surface area contributed by atoms with E-state index in [1.54, 1.807) is 30.5 Å². The number of carbonyl (C=O) groups is 1. The Morgan fingerprint density at radius 2 is 2.12 bits per heavy atom. The molecule has 2 fully saturated rings. The van der Waals surface area contributed by atoms with Gasteiger partial charge in [0.2, 0.25) is 0 Å². The summed E-state index contributed by atoms with van der Waals surface area (Å²) in [6.45, 7) is 2.35. The number of halogens is 1. The summed E-state index contributed by atoms with van der Waals surface area (Å²) in [6.07, 6.45) is 6.91. The average Bonchev–Trinajstić information content (AvgIpc) is 3.60. The molecule has 2 aliphatic carbocycles. The topological polar surface area (TPSA) is 72.8 Å². The van der Waals surface area contributed by atoms with Crippen LogP contribution in [-0.4, -0.2) is 31.3 Å². The molecule has 3 aromatic rings. The third-order valence-electron chi connectivity index (χ3n) is 6.98. The second kappa shape index (κ2) is 9.10. The van der Waals surface area contributed by atoms with Crippen molar-refractivity contribution in [1.29, 1.82) is 0 Å². The van der Waals surface area contributed by atoms with E-state index >= 15 is 0 Å². The number of hydrogen-bond acceptors (Lipinski definition) is 5. The van der Waals surface area contributed by atoms with Crippen LogP contribution in [0.2, 0.25) is 0 Å². The molecular weight excluding hydrogens is 427 g/mol. The molecular formula is C24H27FN4O2S. The number of benzene rings is 1. The van der Waals surface area contributed by atoms with E-state index < -0.39 is 5.82 Å². The fourth-order valence-electron chi connectivity index (χ4n) is 5.41. The predicted molar refractivity (Wildman–Crippen MR) is 120 cm³/mol. The van der Waals surface area contributed by atoms with Crippen LogP contribution >= 0.6 is 11.8 Å². The van der Waals surface area contributed by atoms with E-state index in [9.17, 15) is 9.18 Å². The van der Waals surface area contributed by atoms with Crippen molar-refractivity contribution in [3.05, 3.63) is 59.9 Å². The number of H-pyrrole nitrogens is 1. The molecule has 0 spiro atoms. The molecule has 2 aliphatic rings. The lowest BCUT2D eigenvalue weighted by molar-refractivity contribution is 0.101. The summed E-state index contributed by atoms with van der Waals surface area (Å²) in [6, 6.07) is 10.2. The number of nitrogens with one attached hydrogen (secondary N) is 1. The van der Waals surface area contributed by atoms with Crippen LogP contribution in [0.1, 0.15) is 55.0 Å². The molecule has 0 unspecified atom stereocenters. The van der Waals surface area contributed by atoms with Gasteiger partial charge in [-0.1, -0.05) is 30.3 Å². The fraction of sp³-hybridized carbons (Fsp3) is 0.458. The molecule has 0 saturated heterocycles. The Hall–Kier alpha value is -2.61.